The Morgan fingerprint density at radius 2 is 1.68 bits per heavy atom. The molecule has 0 radical (unpaired) electrons. The van der Waals surface area contributed by atoms with Gasteiger partial charge >= 0.3 is 5.97 Å². The molecule has 1 aromatic heterocycles. The van der Waals surface area contributed by atoms with Crippen molar-refractivity contribution < 1.29 is 9.53 Å². The van der Waals surface area contributed by atoms with E-state index in [-0.39, 0.29) is 17.3 Å². The van der Waals surface area contributed by atoms with E-state index in [9.17, 15) is 4.79 Å². The number of nitrogen functional groups attached to an aromatic ring is 1. The Balaban J connectivity index is 3.31. The first-order valence-corrected chi connectivity index (χ1v) is 6.51. The number of anilines is 1. The van der Waals surface area contributed by atoms with Gasteiger partial charge in [-0.2, -0.15) is 0 Å². The van der Waals surface area contributed by atoms with Gasteiger partial charge in [-0.25, -0.2) is 14.8 Å². The molecule has 0 fully saturated rings. The Hall–Kier alpha value is -1.65. The molecule has 0 unspecified atom stereocenters. The highest BCUT2D eigenvalue weighted by molar-refractivity contribution is 5.95. The lowest BCUT2D eigenvalue weighted by Crippen LogP contribution is -2.20. The summed E-state index contributed by atoms with van der Waals surface area (Å²) in [5.41, 5.74) is 6.72. The summed E-state index contributed by atoms with van der Waals surface area (Å²) in [7, 11) is 1.32. The number of aryl methyl sites for hydroxylation is 1. The summed E-state index contributed by atoms with van der Waals surface area (Å²) in [6.07, 6.45) is 0. The molecule has 0 aliphatic carbocycles. The SMILES string of the molecule is COC(=O)c1c(C)nc(C(C(C)C)C(C)C)nc1N. The van der Waals surface area contributed by atoms with Crippen LogP contribution in [0, 0.1) is 18.8 Å². The van der Waals surface area contributed by atoms with Crippen molar-refractivity contribution in [1.29, 1.82) is 0 Å². The lowest BCUT2D eigenvalue weighted by molar-refractivity contribution is 0.0600. The van der Waals surface area contributed by atoms with Crippen LogP contribution in [0.4, 0.5) is 5.82 Å². The maximum atomic E-state index is 11.6. The van der Waals surface area contributed by atoms with E-state index < -0.39 is 5.97 Å². The fourth-order valence-electron chi connectivity index (χ4n) is 2.49. The average molecular weight is 265 g/mol. The summed E-state index contributed by atoms with van der Waals surface area (Å²) in [5.74, 6) is 1.43. The predicted octanol–water partition coefficient (Wildman–Crippen LogP) is 2.55. The lowest BCUT2D eigenvalue weighted by atomic mass is 9.85. The molecule has 0 saturated carbocycles. The fraction of sp³-hybridized carbons (Fsp3) is 0.643. The maximum absolute atomic E-state index is 11.6. The highest BCUT2D eigenvalue weighted by Crippen LogP contribution is 2.30. The number of nitrogens with two attached hydrogens (primary N) is 1. The number of esters is 1. The first kappa shape index (κ1) is 15.4. The number of ether oxygens (including phenoxy) is 1. The van der Waals surface area contributed by atoms with Crippen LogP contribution in [-0.4, -0.2) is 23.0 Å². The van der Waals surface area contributed by atoms with Gasteiger partial charge in [-0.3, -0.25) is 0 Å². The van der Waals surface area contributed by atoms with E-state index in [2.05, 4.69) is 37.7 Å². The van der Waals surface area contributed by atoms with Crippen molar-refractivity contribution in [2.24, 2.45) is 11.8 Å². The molecule has 1 heterocycles. The van der Waals surface area contributed by atoms with Crippen LogP contribution in [0.25, 0.3) is 0 Å². The van der Waals surface area contributed by atoms with Crippen LogP contribution in [0.1, 0.15) is 55.5 Å². The number of hydrogen-bond acceptors (Lipinski definition) is 5. The Morgan fingerprint density at radius 3 is 2.05 bits per heavy atom. The Kier molecular flexibility index (Phi) is 4.86. The van der Waals surface area contributed by atoms with Crippen molar-refractivity contribution in [2.75, 3.05) is 12.8 Å². The second-order valence-electron chi connectivity index (χ2n) is 5.43. The van der Waals surface area contributed by atoms with Gasteiger partial charge in [-0.05, 0) is 18.8 Å². The minimum Gasteiger partial charge on any atom is -0.465 e. The summed E-state index contributed by atoms with van der Waals surface area (Å²) < 4.78 is 4.69. The highest BCUT2D eigenvalue weighted by Gasteiger charge is 2.25. The standard InChI is InChI=1S/C14H23N3O2/c1-7(2)10(8(3)4)13-16-9(5)11(12(15)17-13)14(18)19-6/h7-8,10H,1-6H3,(H2,15,16,17). The van der Waals surface area contributed by atoms with E-state index in [0.717, 1.165) is 0 Å². The minimum atomic E-state index is -0.493. The topological polar surface area (TPSA) is 78.1 Å². The Morgan fingerprint density at radius 1 is 1.16 bits per heavy atom. The van der Waals surface area contributed by atoms with Gasteiger partial charge in [0.1, 0.15) is 17.2 Å². The summed E-state index contributed by atoms with van der Waals surface area (Å²) in [4.78, 5) is 20.4. The van der Waals surface area contributed by atoms with Crippen molar-refractivity contribution in [3.05, 3.63) is 17.1 Å². The molecule has 0 spiro atoms. The first-order valence-electron chi connectivity index (χ1n) is 6.51. The van der Waals surface area contributed by atoms with Crippen LogP contribution < -0.4 is 5.73 Å². The predicted molar refractivity (Wildman–Crippen MR) is 74.9 cm³/mol. The molecule has 0 amide bonds. The first-order chi connectivity index (χ1) is 8.79. The molecule has 19 heavy (non-hydrogen) atoms. The molecule has 106 valence electrons. The van der Waals surface area contributed by atoms with Crippen LogP contribution in [-0.2, 0) is 4.74 Å². The second-order valence-corrected chi connectivity index (χ2v) is 5.43. The van der Waals surface area contributed by atoms with Gasteiger partial charge in [0, 0.05) is 5.92 Å². The van der Waals surface area contributed by atoms with Crippen LogP contribution in [0.2, 0.25) is 0 Å². The van der Waals surface area contributed by atoms with Crippen molar-refractivity contribution in [2.45, 2.75) is 40.5 Å². The third-order valence-electron chi connectivity index (χ3n) is 3.26. The van der Waals surface area contributed by atoms with Crippen molar-refractivity contribution in [1.82, 2.24) is 9.97 Å². The van der Waals surface area contributed by atoms with Gasteiger partial charge in [0.2, 0.25) is 0 Å². The second kappa shape index (κ2) is 5.99. The smallest absolute Gasteiger partial charge is 0.343 e. The summed E-state index contributed by atoms with van der Waals surface area (Å²) in [6.45, 7) is 10.3. The lowest BCUT2D eigenvalue weighted by Gasteiger charge is -2.24. The quantitative estimate of drug-likeness (QED) is 0.846. The molecule has 0 aliphatic rings. The molecule has 5 heteroatoms. The molecule has 1 aromatic rings. The maximum Gasteiger partial charge on any atom is 0.343 e. The Bertz CT molecular complexity index is 439. The summed E-state index contributed by atoms with van der Waals surface area (Å²) in [6, 6.07) is 0. The van der Waals surface area contributed by atoms with Gasteiger partial charge in [0.05, 0.1) is 12.8 Å². The minimum absolute atomic E-state index is 0.195. The average Bonchev–Trinajstić information content (AvgIpc) is 2.26. The number of aromatic nitrogens is 2. The van der Waals surface area contributed by atoms with E-state index in [1.807, 2.05) is 0 Å². The molecular weight excluding hydrogens is 242 g/mol. The monoisotopic (exact) mass is 265 g/mol. The molecule has 0 saturated heterocycles. The fourth-order valence-corrected chi connectivity index (χ4v) is 2.49. The normalized spacial score (nSPS) is 11.4. The van der Waals surface area contributed by atoms with E-state index >= 15 is 0 Å². The van der Waals surface area contributed by atoms with Crippen molar-refractivity contribution in [3.8, 4) is 0 Å². The zero-order valence-electron chi connectivity index (χ0n) is 12.5. The molecular formula is C14H23N3O2. The molecule has 5 nitrogen and oxygen atoms in total. The number of rotatable bonds is 4. The van der Waals surface area contributed by atoms with Crippen LogP contribution in [0.5, 0.6) is 0 Å². The van der Waals surface area contributed by atoms with Crippen molar-refractivity contribution in [3.63, 3.8) is 0 Å². The Labute approximate surface area is 114 Å². The zero-order valence-corrected chi connectivity index (χ0v) is 12.5. The van der Waals surface area contributed by atoms with E-state index in [4.69, 9.17) is 10.5 Å². The number of methoxy groups -OCH3 is 1. The van der Waals surface area contributed by atoms with Gasteiger partial charge in [0.15, 0.2) is 0 Å². The van der Waals surface area contributed by atoms with Crippen molar-refractivity contribution >= 4 is 11.8 Å². The summed E-state index contributed by atoms with van der Waals surface area (Å²) >= 11 is 0. The third kappa shape index (κ3) is 3.22. The zero-order chi connectivity index (χ0) is 14.7. The molecule has 1 rings (SSSR count). The van der Waals surface area contributed by atoms with Gasteiger partial charge < -0.3 is 10.5 Å². The number of carbonyl (C=O) groups excluding carboxylic acids is 1. The molecule has 0 aliphatic heterocycles. The third-order valence-corrected chi connectivity index (χ3v) is 3.26. The van der Waals surface area contributed by atoms with Gasteiger partial charge in [-0.1, -0.05) is 27.7 Å². The largest absolute Gasteiger partial charge is 0.465 e. The number of carbonyl (C=O) groups is 1. The number of nitrogens with zero attached hydrogens (tertiary/aromatic N) is 2. The molecule has 0 atom stereocenters. The van der Waals surface area contributed by atoms with Crippen LogP contribution in [0.15, 0.2) is 0 Å². The van der Waals surface area contributed by atoms with E-state index in [1.165, 1.54) is 7.11 Å². The molecule has 0 aromatic carbocycles. The van der Waals surface area contributed by atoms with Gasteiger partial charge in [0.25, 0.3) is 0 Å². The van der Waals surface area contributed by atoms with Crippen LogP contribution >= 0.6 is 0 Å². The molecule has 0 bridgehead atoms. The highest BCUT2D eigenvalue weighted by atomic mass is 16.5. The van der Waals surface area contributed by atoms with Gasteiger partial charge in [-0.15, -0.1) is 0 Å². The number of hydrogen-bond donors (Lipinski definition) is 1. The van der Waals surface area contributed by atoms with E-state index in [1.54, 1.807) is 6.92 Å². The molecule has 2 N–H and O–H groups in total. The van der Waals surface area contributed by atoms with E-state index in [0.29, 0.717) is 23.4 Å². The summed E-state index contributed by atoms with van der Waals surface area (Å²) in [5, 5.41) is 0. The van der Waals surface area contributed by atoms with Crippen LogP contribution in [0.3, 0.4) is 0 Å².